The maximum atomic E-state index is 13.5. The molecule has 9 nitrogen and oxygen atoms in total. The normalized spacial score (nSPS) is 51.5. The van der Waals surface area contributed by atoms with Crippen LogP contribution in [-0.2, 0) is 23.8 Å². The van der Waals surface area contributed by atoms with E-state index in [1.54, 1.807) is 0 Å². The monoisotopic (exact) mass is 524 g/mol. The summed E-state index contributed by atoms with van der Waals surface area (Å²) >= 11 is 0. The number of ether oxygens (including phenoxy) is 3. The molecule has 0 spiro atoms. The molecule has 4 N–H and O–H groups in total. The lowest BCUT2D eigenvalue weighted by Gasteiger charge is -2.60. The minimum atomic E-state index is -1.67. The van der Waals surface area contributed by atoms with E-state index < -0.39 is 36.7 Å². The second-order valence-electron chi connectivity index (χ2n) is 13.0. The van der Waals surface area contributed by atoms with Gasteiger partial charge in [0.2, 0.25) is 0 Å². The first kappa shape index (κ1) is 27.5. The zero-order valence-electron chi connectivity index (χ0n) is 22.3. The molecule has 1 aliphatic heterocycles. The SMILES string of the molecule is COC(=O)[C@@H]1O[C@H](OCC(=O)[C@@H]2CC[C@@H]3[C@@H]4CC[C@@H]5C[C@H](O)CC[C@]5(C)[C@@H]4CC[C@@]32C)[C@@H](O)[C@H](O)[C@H]1O. The van der Waals surface area contributed by atoms with Gasteiger partial charge in [-0.1, -0.05) is 13.8 Å². The summed E-state index contributed by atoms with van der Waals surface area (Å²) in [6.45, 7) is 4.43. The fourth-order valence-electron chi connectivity index (χ4n) is 9.33. The number of methoxy groups -OCH3 is 1. The molecule has 5 fully saturated rings. The molecule has 0 amide bonds. The van der Waals surface area contributed by atoms with Crippen LogP contribution in [0.2, 0.25) is 0 Å². The molecule has 0 aromatic rings. The Kier molecular flexibility index (Phi) is 7.53. The van der Waals surface area contributed by atoms with Crippen LogP contribution in [0.5, 0.6) is 0 Å². The second-order valence-corrected chi connectivity index (χ2v) is 13.0. The van der Waals surface area contributed by atoms with E-state index in [9.17, 15) is 30.0 Å². The molecule has 13 atom stereocenters. The van der Waals surface area contributed by atoms with Crippen LogP contribution in [-0.4, -0.2) is 82.7 Å². The van der Waals surface area contributed by atoms with Gasteiger partial charge in [0, 0.05) is 5.92 Å². The third-order valence-corrected chi connectivity index (χ3v) is 11.4. The summed E-state index contributed by atoms with van der Waals surface area (Å²) in [5.74, 6) is 1.25. The average molecular weight is 525 g/mol. The van der Waals surface area contributed by atoms with Crippen molar-refractivity contribution in [2.75, 3.05) is 13.7 Å². The quantitative estimate of drug-likeness (QED) is 0.394. The van der Waals surface area contributed by atoms with Gasteiger partial charge in [-0.15, -0.1) is 0 Å². The van der Waals surface area contributed by atoms with Crippen molar-refractivity contribution in [2.24, 2.45) is 40.4 Å². The summed E-state index contributed by atoms with van der Waals surface area (Å²) < 4.78 is 15.6. The number of carbonyl (C=O) groups is 2. The van der Waals surface area contributed by atoms with Crippen LogP contribution in [0.15, 0.2) is 0 Å². The predicted octanol–water partition coefficient (Wildman–Crippen LogP) is 1.57. The van der Waals surface area contributed by atoms with E-state index in [0.29, 0.717) is 23.7 Å². The summed E-state index contributed by atoms with van der Waals surface area (Å²) in [7, 11) is 1.13. The summed E-state index contributed by atoms with van der Waals surface area (Å²) in [6.07, 6.45) is 1.18. The van der Waals surface area contributed by atoms with Crippen molar-refractivity contribution in [3.05, 3.63) is 0 Å². The zero-order valence-corrected chi connectivity index (χ0v) is 22.3. The number of hydrogen-bond donors (Lipinski definition) is 4. The van der Waals surface area contributed by atoms with E-state index in [1.165, 1.54) is 6.42 Å². The number of ketones is 1. The van der Waals surface area contributed by atoms with Gasteiger partial charge in [-0.05, 0) is 92.3 Å². The Balaban J connectivity index is 1.24. The van der Waals surface area contributed by atoms with E-state index >= 15 is 0 Å². The van der Waals surface area contributed by atoms with Crippen LogP contribution in [0.3, 0.4) is 0 Å². The topological polar surface area (TPSA) is 143 Å². The van der Waals surface area contributed by atoms with Crippen LogP contribution in [0.25, 0.3) is 0 Å². The second kappa shape index (κ2) is 10.1. The van der Waals surface area contributed by atoms with Crippen LogP contribution in [0.4, 0.5) is 0 Å². The number of esters is 1. The van der Waals surface area contributed by atoms with E-state index in [0.717, 1.165) is 58.5 Å². The Bertz CT molecular complexity index is 880. The highest BCUT2D eigenvalue weighted by Gasteiger charge is 2.61. The Morgan fingerprint density at radius 2 is 1.57 bits per heavy atom. The molecule has 37 heavy (non-hydrogen) atoms. The van der Waals surface area contributed by atoms with E-state index in [4.69, 9.17) is 9.47 Å². The van der Waals surface area contributed by atoms with Gasteiger partial charge in [0.1, 0.15) is 24.9 Å². The molecule has 210 valence electrons. The van der Waals surface area contributed by atoms with Gasteiger partial charge in [0.25, 0.3) is 0 Å². The van der Waals surface area contributed by atoms with Crippen molar-refractivity contribution >= 4 is 11.8 Å². The largest absolute Gasteiger partial charge is 0.467 e. The lowest BCUT2D eigenvalue weighted by Crippen LogP contribution is -2.60. The number of Topliss-reactive ketones (excluding diaryl/α,β-unsaturated/α-hetero) is 1. The highest BCUT2D eigenvalue weighted by Crippen LogP contribution is 2.67. The van der Waals surface area contributed by atoms with Crippen molar-refractivity contribution in [3.63, 3.8) is 0 Å². The smallest absolute Gasteiger partial charge is 0.337 e. The third-order valence-electron chi connectivity index (χ3n) is 11.4. The fourth-order valence-corrected chi connectivity index (χ4v) is 9.33. The first-order valence-corrected chi connectivity index (χ1v) is 14.1. The standard InChI is InChI=1S/C28H44O9/c1-27-10-8-15(29)12-14(27)4-5-16-17-6-7-19(28(17,2)11-9-18(16)27)20(30)13-36-26-23(33)21(31)22(32)24(37-26)25(34)35-3/h14-19,21-24,26,29,31-33H,4-13H2,1-3H3/t14-,15-,16+,17-,18-,19+,21-,22-,23+,24-,26+,27+,28+/m1/s1. The number of aliphatic hydroxyl groups is 4. The molecule has 9 heteroatoms. The highest BCUT2D eigenvalue weighted by molar-refractivity contribution is 5.83. The summed E-state index contributed by atoms with van der Waals surface area (Å²) in [4.78, 5) is 25.4. The highest BCUT2D eigenvalue weighted by atomic mass is 16.7. The summed E-state index contributed by atoms with van der Waals surface area (Å²) in [5, 5.41) is 40.8. The third kappa shape index (κ3) is 4.47. The first-order valence-electron chi connectivity index (χ1n) is 14.1. The number of aliphatic hydroxyl groups excluding tert-OH is 4. The molecule has 0 bridgehead atoms. The summed E-state index contributed by atoms with van der Waals surface area (Å²) in [5.41, 5.74) is 0.181. The lowest BCUT2D eigenvalue weighted by molar-refractivity contribution is -0.293. The number of hydrogen-bond acceptors (Lipinski definition) is 9. The van der Waals surface area contributed by atoms with Crippen molar-refractivity contribution in [2.45, 2.75) is 108 Å². The molecular formula is C28H44O9. The van der Waals surface area contributed by atoms with E-state index in [-0.39, 0.29) is 35.2 Å². The average Bonchev–Trinajstić information content (AvgIpc) is 3.24. The van der Waals surface area contributed by atoms with E-state index in [2.05, 4.69) is 18.6 Å². The van der Waals surface area contributed by atoms with E-state index in [1.807, 2.05) is 0 Å². The Hall–Kier alpha value is -1.10. The molecule has 0 unspecified atom stereocenters. The van der Waals surface area contributed by atoms with Gasteiger partial charge >= 0.3 is 5.97 Å². The molecule has 0 aromatic heterocycles. The van der Waals surface area contributed by atoms with Crippen molar-refractivity contribution in [3.8, 4) is 0 Å². The number of fused-ring (bicyclic) bond motifs is 5. The molecule has 0 aromatic carbocycles. The van der Waals surface area contributed by atoms with Crippen LogP contribution in [0, 0.1) is 40.4 Å². The molecule has 1 saturated heterocycles. The van der Waals surface area contributed by atoms with Gasteiger partial charge in [0.05, 0.1) is 13.2 Å². The predicted molar refractivity (Wildman–Crippen MR) is 131 cm³/mol. The maximum absolute atomic E-state index is 13.5. The maximum Gasteiger partial charge on any atom is 0.337 e. The Morgan fingerprint density at radius 1 is 0.865 bits per heavy atom. The molecule has 0 radical (unpaired) electrons. The molecular weight excluding hydrogens is 480 g/mol. The Labute approximate surface area is 218 Å². The van der Waals surface area contributed by atoms with Crippen molar-refractivity contribution < 1.29 is 44.2 Å². The molecule has 5 aliphatic rings. The van der Waals surface area contributed by atoms with Crippen LogP contribution >= 0.6 is 0 Å². The van der Waals surface area contributed by atoms with Crippen LogP contribution < -0.4 is 0 Å². The molecule has 4 aliphatic carbocycles. The molecule has 4 saturated carbocycles. The zero-order chi connectivity index (χ0) is 26.7. The lowest BCUT2D eigenvalue weighted by atomic mass is 9.44. The van der Waals surface area contributed by atoms with Gasteiger partial charge in [-0.2, -0.15) is 0 Å². The van der Waals surface area contributed by atoms with Gasteiger partial charge < -0.3 is 34.6 Å². The molecule has 1 heterocycles. The summed E-state index contributed by atoms with van der Waals surface area (Å²) in [6, 6.07) is 0. The van der Waals surface area contributed by atoms with Gasteiger partial charge in [-0.3, -0.25) is 4.79 Å². The minimum absolute atomic E-state index is 0.0461. The fraction of sp³-hybridized carbons (Fsp3) is 0.929. The Morgan fingerprint density at radius 3 is 2.30 bits per heavy atom. The van der Waals surface area contributed by atoms with Gasteiger partial charge in [-0.25, -0.2) is 4.79 Å². The van der Waals surface area contributed by atoms with Gasteiger partial charge in [0.15, 0.2) is 18.2 Å². The number of rotatable bonds is 5. The van der Waals surface area contributed by atoms with Crippen molar-refractivity contribution in [1.82, 2.24) is 0 Å². The minimum Gasteiger partial charge on any atom is -0.467 e. The molecule has 5 rings (SSSR count). The number of carbonyl (C=O) groups excluding carboxylic acids is 2. The van der Waals surface area contributed by atoms with Crippen LogP contribution in [0.1, 0.15) is 71.6 Å². The first-order chi connectivity index (χ1) is 17.5. The van der Waals surface area contributed by atoms with Crippen molar-refractivity contribution in [1.29, 1.82) is 0 Å².